The Morgan fingerprint density at radius 2 is 1.96 bits per heavy atom. The highest BCUT2D eigenvalue weighted by molar-refractivity contribution is 9.12. The molecule has 8 nitrogen and oxygen atoms in total. The summed E-state index contributed by atoms with van der Waals surface area (Å²) in [6.45, 7) is 0.549. The first-order valence-corrected chi connectivity index (χ1v) is 9.54. The number of amides is 3. The minimum atomic E-state index is -1.40. The quantitative estimate of drug-likeness (QED) is 0.384. The van der Waals surface area contributed by atoms with Gasteiger partial charge in [0, 0.05) is 54.2 Å². The van der Waals surface area contributed by atoms with Gasteiger partial charge >= 0.3 is 0 Å². The van der Waals surface area contributed by atoms with Crippen molar-refractivity contribution < 1.29 is 24.0 Å². The van der Waals surface area contributed by atoms with Crippen LogP contribution in [0.1, 0.15) is 35.2 Å². The van der Waals surface area contributed by atoms with Gasteiger partial charge in [-0.05, 0) is 41.9 Å². The number of halogens is 1. The lowest BCUT2D eigenvalue weighted by atomic mass is 10.1. The molecule has 1 aliphatic rings. The molecule has 0 aliphatic carbocycles. The smallest absolute Gasteiger partial charge is 0.276 e. The van der Waals surface area contributed by atoms with Crippen LogP contribution in [0.2, 0.25) is 0 Å². The maximum Gasteiger partial charge on any atom is 0.276 e. The number of benzene rings is 1. The molecule has 0 bridgehead atoms. The zero-order valence-electron chi connectivity index (χ0n) is 15.7. The predicted molar refractivity (Wildman–Crippen MR) is 105 cm³/mol. The summed E-state index contributed by atoms with van der Waals surface area (Å²) >= 11 is 3.01. The molecule has 28 heavy (non-hydrogen) atoms. The Morgan fingerprint density at radius 3 is 2.54 bits per heavy atom. The Morgan fingerprint density at radius 1 is 1.25 bits per heavy atom. The van der Waals surface area contributed by atoms with E-state index in [-0.39, 0.29) is 0 Å². The normalized spacial score (nSPS) is 16.9. The third kappa shape index (κ3) is 5.79. The SMILES string of the molecule is CNC(=O)C(C(=O)NOC1CCCCO1)N(C)C(=O)c1ccc(C#CBr)cc1. The van der Waals surface area contributed by atoms with E-state index in [0.717, 1.165) is 23.3 Å². The number of nitrogens with one attached hydrogen (secondary N) is 2. The van der Waals surface area contributed by atoms with Crippen molar-refractivity contribution in [1.82, 2.24) is 15.7 Å². The molecule has 1 saturated heterocycles. The molecule has 1 aromatic rings. The van der Waals surface area contributed by atoms with Crippen LogP contribution in [0.4, 0.5) is 0 Å². The second-order valence-electron chi connectivity index (χ2n) is 6.11. The van der Waals surface area contributed by atoms with E-state index in [4.69, 9.17) is 9.57 Å². The summed E-state index contributed by atoms with van der Waals surface area (Å²) in [6, 6.07) is 5.11. The molecule has 1 heterocycles. The lowest BCUT2D eigenvalue weighted by Gasteiger charge is -2.27. The van der Waals surface area contributed by atoms with Crippen LogP contribution in [0.15, 0.2) is 24.3 Å². The summed E-state index contributed by atoms with van der Waals surface area (Å²) in [5.74, 6) is 0.920. The molecule has 0 aromatic heterocycles. The Balaban J connectivity index is 2.08. The molecule has 1 aromatic carbocycles. The highest BCUT2D eigenvalue weighted by atomic mass is 79.9. The van der Waals surface area contributed by atoms with Crippen LogP contribution in [0, 0.1) is 10.8 Å². The lowest BCUT2D eigenvalue weighted by Crippen LogP contribution is -2.55. The molecule has 1 aliphatic heterocycles. The summed E-state index contributed by atoms with van der Waals surface area (Å²) in [7, 11) is 2.77. The Bertz CT molecular complexity index is 766. The molecular formula is C19H22BrN3O5. The van der Waals surface area contributed by atoms with E-state index in [1.807, 2.05) is 0 Å². The van der Waals surface area contributed by atoms with E-state index < -0.39 is 30.1 Å². The van der Waals surface area contributed by atoms with Crippen molar-refractivity contribution in [3.8, 4) is 10.8 Å². The van der Waals surface area contributed by atoms with Crippen LogP contribution < -0.4 is 10.8 Å². The van der Waals surface area contributed by atoms with E-state index >= 15 is 0 Å². The van der Waals surface area contributed by atoms with Gasteiger partial charge in [-0.3, -0.25) is 14.4 Å². The first-order valence-electron chi connectivity index (χ1n) is 8.75. The number of ether oxygens (including phenoxy) is 1. The maximum atomic E-state index is 12.7. The zero-order chi connectivity index (χ0) is 20.5. The molecule has 2 unspecified atom stereocenters. The van der Waals surface area contributed by atoms with Gasteiger partial charge in [-0.1, -0.05) is 5.92 Å². The number of nitrogens with zero attached hydrogens (tertiary/aromatic N) is 1. The van der Waals surface area contributed by atoms with Crippen LogP contribution in [-0.2, 0) is 19.2 Å². The maximum absolute atomic E-state index is 12.7. The van der Waals surface area contributed by atoms with Gasteiger partial charge in [0.25, 0.3) is 17.7 Å². The average molecular weight is 452 g/mol. The van der Waals surface area contributed by atoms with Gasteiger partial charge in [-0.25, -0.2) is 10.3 Å². The third-order valence-corrected chi connectivity index (χ3v) is 4.40. The Kier molecular flexibility index (Phi) is 8.44. The zero-order valence-corrected chi connectivity index (χ0v) is 17.2. The topological polar surface area (TPSA) is 97.0 Å². The molecule has 2 N–H and O–H groups in total. The van der Waals surface area contributed by atoms with Gasteiger partial charge < -0.3 is 15.0 Å². The summed E-state index contributed by atoms with van der Waals surface area (Å²) < 4.78 is 5.37. The Labute approximate surface area is 172 Å². The van der Waals surface area contributed by atoms with Crippen molar-refractivity contribution in [2.24, 2.45) is 0 Å². The fourth-order valence-corrected chi connectivity index (χ4v) is 2.89. The van der Waals surface area contributed by atoms with Crippen LogP contribution in [-0.4, -0.2) is 55.7 Å². The number of hydrogen-bond acceptors (Lipinski definition) is 5. The summed E-state index contributed by atoms with van der Waals surface area (Å²) in [5.41, 5.74) is 3.28. The van der Waals surface area contributed by atoms with Gasteiger partial charge in [0.1, 0.15) is 0 Å². The van der Waals surface area contributed by atoms with Gasteiger partial charge in [0.2, 0.25) is 0 Å². The molecule has 0 saturated carbocycles. The largest absolute Gasteiger partial charge is 0.357 e. The summed E-state index contributed by atoms with van der Waals surface area (Å²) in [4.78, 5) is 46.4. The monoisotopic (exact) mass is 451 g/mol. The molecule has 150 valence electrons. The minimum absolute atomic E-state index is 0.320. The van der Waals surface area contributed by atoms with Gasteiger partial charge in [-0.15, -0.1) is 0 Å². The first-order chi connectivity index (χ1) is 13.5. The molecule has 1 fully saturated rings. The van der Waals surface area contributed by atoms with Crippen molar-refractivity contribution in [3.05, 3.63) is 35.4 Å². The average Bonchev–Trinajstić information content (AvgIpc) is 2.73. The van der Waals surface area contributed by atoms with Crippen molar-refractivity contribution in [1.29, 1.82) is 0 Å². The number of carbonyl (C=O) groups is 3. The van der Waals surface area contributed by atoms with Crippen molar-refractivity contribution >= 4 is 33.7 Å². The molecule has 0 radical (unpaired) electrons. The van der Waals surface area contributed by atoms with Crippen LogP contribution >= 0.6 is 15.9 Å². The van der Waals surface area contributed by atoms with Gasteiger partial charge in [-0.2, -0.15) is 0 Å². The highest BCUT2D eigenvalue weighted by Crippen LogP contribution is 2.13. The predicted octanol–water partition coefficient (Wildman–Crippen LogP) is 1.15. The van der Waals surface area contributed by atoms with Crippen molar-refractivity contribution in [3.63, 3.8) is 0 Å². The number of hydroxylamine groups is 1. The molecular weight excluding hydrogens is 430 g/mol. The van der Waals surface area contributed by atoms with Crippen molar-refractivity contribution in [2.45, 2.75) is 31.6 Å². The minimum Gasteiger partial charge on any atom is -0.357 e. The van der Waals surface area contributed by atoms with E-state index in [1.165, 1.54) is 14.1 Å². The standard InChI is InChI=1S/C19H22BrN3O5/c1-21-17(24)16(18(25)22-28-15-5-3-4-12-27-15)23(2)19(26)14-8-6-13(7-9-14)10-11-20/h6-9,15-16H,3-5,12H2,1-2H3,(H,21,24)(H,22,25). The second-order valence-corrected chi connectivity index (χ2v) is 6.51. The first kappa shape index (κ1) is 21.9. The van der Waals surface area contributed by atoms with E-state index in [2.05, 4.69) is 37.5 Å². The van der Waals surface area contributed by atoms with Crippen LogP contribution in [0.5, 0.6) is 0 Å². The fourth-order valence-electron chi connectivity index (χ4n) is 2.66. The molecule has 3 amide bonds. The van der Waals surface area contributed by atoms with Gasteiger partial charge in [0.05, 0.1) is 0 Å². The number of hydrogen-bond donors (Lipinski definition) is 2. The van der Waals surface area contributed by atoms with E-state index in [1.54, 1.807) is 24.3 Å². The molecule has 2 rings (SSSR count). The summed E-state index contributed by atoms with van der Waals surface area (Å²) in [6.07, 6.45) is 1.94. The Hall–Kier alpha value is -2.41. The molecule has 9 heteroatoms. The van der Waals surface area contributed by atoms with E-state index in [9.17, 15) is 14.4 Å². The van der Waals surface area contributed by atoms with Crippen LogP contribution in [0.25, 0.3) is 0 Å². The number of rotatable bonds is 6. The lowest BCUT2D eigenvalue weighted by molar-refractivity contribution is -0.202. The van der Waals surface area contributed by atoms with Gasteiger partial charge in [0.15, 0.2) is 12.3 Å². The summed E-state index contributed by atoms with van der Waals surface area (Å²) in [5, 5.41) is 2.39. The van der Waals surface area contributed by atoms with Crippen molar-refractivity contribution in [2.75, 3.05) is 20.7 Å². The second kappa shape index (κ2) is 10.8. The van der Waals surface area contributed by atoms with Crippen LogP contribution in [0.3, 0.4) is 0 Å². The molecule has 2 atom stereocenters. The number of carbonyl (C=O) groups excluding carboxylic acids is 3. The number of likely N-dealkylation sites (N-methyl/N-ethyl adjacent to an activating group) is 2. The molecule has 0 spiro atoms. The fraction of sp³-hybridized carbons (Fsp3) is 0.421. The highest BCUT2D eigenvalue weighted by Gasteiger charge is 2.34. The third-order valence-electron chi connectivity index (χ3n) is 4.20. The van der Waals surface area contributed by atoms with E-state index in [0.29, 0.717) is 18.6 Å².